The fourth-order valence-corrected chi connectivity index (χ4v) is 1.71. The third-order valence-electron chi connectivity index (χ3n) is 2.74. The topological polar surface area (TPSA) is 80.0 Å². The molecular weight excluding hydrogens is 250 g/mol. The van der Waals surface area contributed by atoms with Crippen molar-refractivity contribution in [1.82, 2.24) is 0 Å². The van der Waals surface area contributed by atoms with Crippen molar-refractivity contribution in [3.63, 3.8) is 0 Å². The van der Waals surface area contributed by atoms with Crippen LogP contribution in [-0.4, -0.2) is 39.5 Å². The quantitative estimate of drug-likeness (QED) is 0.789. The average molecular weight is 267 g/mol. The number of hydrogen-bond acceptors (Lipinski definition) is 6. The summed E-state index contributed by atoms with van der Waals surface area (Å²) >= 11 is 0. The number of methoxy groups -OCH3 is 1. The van der Waals surface area contributed by atoms with Crippen LogP contribution in [0.25, 0.3) is 0 Å². The molecule has 0 radical (unpaired) electrons. The van der Waals surface area contributed by atoms with Gasteiger partial charge in [0.2, 0.25) is 0 Å². The maximum absolute atomic E-state index is 10.9. The van der Waals surface area contributed by atoms with E-state index in [0.29, 0.717) is 19.0 Å². The second-order valence-corrected chi connectivity index (χ2v) is 4.10. The second-order valence-electron chi connectivity index (χ2n) is 4.10. The van der Waals surface area contributed by atoms with Gasteiger partial charge in [-0.3, -0.25) is 0 Å². The van der Waals surface area contributed by atoms with Gasteiger partial charge in [0.15, 0.2) is 11.5 Å². The zero-order chi connectivity index (χ0) is 13.7. The van der Waals surface area contributed by atoms with Gasteiger partial charge in [-0.15, -0.1) is 0 Å². The highest BCUT2D eigenvalue weighted by Gasteiger charge is 2.15. The van der Waals surface area contributed by atoms with Gasteiger partial charge in [0, 0.05) is 0 Å². The van der Waals surface area contributed by atoms with E-state index in [1.807, 2.05) is 18.2 Å². The van der Waals surface area contributed by atoms with Crippen LogP contribution in [0.4, 0.5) is 0 Å². The standard InChI is InChI=1S/C13H17NO5/c1-16-13(15)8-17-7-10(14)9-2-3-11-12(6-9)19-5-4-18-11/h2-3,6,10H,4-5,7-8,14H2,1H3. The Morgan fingerprint density at radius 3 is 2.84 bits per heavy atom. The van der Waals surface area contributed by atoms with E-state index < -0.39 is 5.97 Å². The van der Waals surface area contributed by atoms with Gasteiger partial charge >= 0.3 is 5.97 Å². The Bertz CT molecular complexity index is 449. The molecule has 6 nitrogen and oxygen atoms in total. The van der Waals surface area contributed by atoms with E-state index in [0.717, 1.165) is 11.3 Å². The molecule has 0 aliphatic carbocycles. The molecule has 2 rings (SSSR count). The molecule has 6 heteroatoms. The van der Waals surface area contributed by atoms with E-state index in [1.165, 1.54) is 7.11 Å². The monoisotopic (exact) mass is 267 g/mol. The van der Waals surface area contributed by atoms with Gasteiger partial charge in [-0.2, -0.15) is 0 Å². The Morgan fingerprint density at radius 2 is 2.11 bits per heavy atom. The summed E-state index contributed by atoms with van der Waals surface area (Å²) in [6, 6.07) is 5.19. The van der Waals surface area contributed by atoms with Crippen LogP contribution in [0.3, 0.4) is 0 Å². The molecule has 0 amide bonds. The van der Waals surface area contributed by atoms with E-state index in [-0.39, 0.29) is 19.3 Å². The largest absolute Gasteiger partial charge is 0.486 e. The Balaban J connectivity index is 1.91. The summed E-state index contributed by atoms with van der Waals surface area (Å²) in [5.41, 5.74) is 6.85. The highest BCUT2D eigenvalue weighted by Crippen LogP contribution is 2.32. The number of hydrogen-bond donors (Lipinski definition) is 1. The summed E-state index contributed by atoms with van der Waals surface area (Å²) in [5, 5.41) is 0. The maximum Gasteiger partial charge on any atom is 0.331 e. The van der Waals surface area contributed by atoms with Gasteiger partial charge in [-0.05, 0) is 17.7 Å². The molecule has 104 valence electrons. The highest BCUT2D eigenvalue weighted by atomic mass is 16.6. The van der Waals surface area contributed by atoms with Crippen molar-refractivity contribution in [3.8, 4) is 11.5 Å². The van der Waals surface area contributed by atoms with E-state index in [2.05, 4.69) is 4.74 Å². The summed E-state index contributed by atoms with van der Waals surface area (Å²) < 4.78 is 20.6. The second kappa shape index (κ2) is 6.40. The molecule has 1 unspecified atom stereocenters. The molecule has 1 heterocycles. The van der Waals surface area contributed by atoms with Crippen LogP contribution >= 0.6 is 0 Å². The molecule has 2 N–H and O–H groups in total. The fourth-order valence-electron chi connectivity index (χ4n) is 1.71. The zero-order valence-corrected chi connectivity index (χ0v) is 10.8. The molecule has 0 saturated heterocycles. The molecule has 0 aromatic heterocycles. The molecular formula is C13H17NO5. The third kappa shape index (κ3) is 3.59. The van der Waals surface area contributed by atoms with Gasteiger partial charge in [0.25, 0.3) is 0 Å². The van der Waals surface area contributed by atoms with E-state index in [4.69, 9.17) is 19.9 Å². The van der Waals surface area contributed by atoms with Crippen molar-refractivity contribution >= 4 is 5.97 Å². The van der Waals surface area contributed by atoms with Crippen molar-refractivity contribution < 1.29 is 23.7 Å². The highest BCUT2D eigenvalue weighted by molar-refractivity contribution is 5.70. The van der Waals surface area contributed by atoms with Crippen LogP contribution < -0.4 is 15.2 Å². The Labute approximate surface area is 111 Å². The number of fused-ring (bicyclic) bond motifs is 1. The number of nitrogens with two attached hydrogens (primary N) is 1. The molecule has 19 heavy (non-hydrogen) atoms. The van der Waals surface area contributed by atoms with Gasteiger partial charge < -0.3 is 24.7 Å². The Hall–Kier alpha value is -1.79. The molecule has 1 aromatic carbocycles. The lowest BCUT2D eigenvalue weighted by atomic mass is 10.1. The van der Waals surface area contributed by atoms with E-state index in [1.54, 1.807) is 0 Å². The summed E-state index contributed by atoms with van der Waals surface area (Å²) in [6.07, 6.45) is 0. The van der Waals surface area contributed by atoms with Crippen LogP contribution in [0.5, 0.6) is 11.5 Å². The molecule has 0 bridgehead atoms. The lowest BCUT2D eigenvalue weighted by molar-refractivity contribution is -0.146. The predicted molar refractivity (Wildman–Crippen MR) is 67.2 cm³/mol. The number of ether oxygens (including phenoxy) is 4. The van der Waals surface area contributed by atoms with Crippen molar-refractivity contribution in [2.75, 3.05) is 33.5 Å². The van der Waals surface area contributed by atoms with Crippen molar-refractivity contribution in [3.05, 3.63) is 23.8 Å². The summed E-state index contributed by atoms with van der Waals surface area (Å²) in [7, 11) is 1.31. The maximum atomic E-state index is 10.9. The van der Waals surface area contributed by atoms with Gasteiger partial charge in [0.05, 0.1) is 19.8 Å². The number of rotatable bonds is 5. The number of benzene rings is 1. The normalized spacial score (nSPS) is 14.8. The lowest BCUT2D eigenvalue weighted by Crippen LogP contribution is -2.21. The zero-order valence-electron chi connectivity index (χ0n) is 10.8. The fraction of sp³-hybridized carbons (Fsp3) is 0.462. The number of carbonyl (C=O) groups is 1. The summed E-state index contributed by atoms with van der Waals surface area (Å²) in [4.78, 5) is 10.9. The first-order chi connectivity index (χ1) is 9.20. The molecule has 0 spiro atoms. The van der Waals surface area contributed by atoms with Crippen molar-refractivity contribution in [2.45, 2.75) is 6.04 Å². The molecule has 1 aliphatic heterocycles. The molecule has 1 aromatic rings. The smallest absolute Gasteiger partial charge is 0.331 e. The third-order valence-corrected chi connectivity index (χ3v) is 2.74. The van der Waals surface area contributed by atoms with Crippen molar-refractivity contribution in [2.24, 2.45) is 5.73 Å². The molecule has 0 fully saturated rings. The predicted octanol–water partition coefficient (Wildman–Crippen LogP) is 0.647. The van der Waals surface area contributed by atoms with Crippen LogP contribution in [0, 0.1) is 0 Å². The first-order valence-corrected chi connectivity index (χ1v) is 6.00. The van der Waals surface area contributed by atoms with Crippen LogP contribution in [0.15, 0.2) is 18.2 Å². The van der Waals surface area contributed by atoms with E-state index >= 15 is 0 Å². The number of esters is 1. The Morgan fingerprint density at radius 1 is 1.37 bits per heavy atom. The molecule has 0 saturated carbocycles. The van der Waals surface area contributed by atoms with Crippen molar-refractivity contribution in [1.29, 1.82) is 0 Å². The van der Waals surface area contributed by atoms with Gasteiger partial charge in [0.1, 0.15) is 19.8 Å². The van der Waals surface area contributed by atoms with Crippen LogP contribution in [0.2, 0.25) is 0 Å². The lowest BCUT2D eigenvalue weighted by Gasteiger charge is -2.20. The first kappa shape index (κ1) is 13.6. The SMILES string of the molecule is COC(=O)COCC(N)c1ccc2c(c1)OCCO2. The van der Waals surface area contributed by atoms with Gasteiger partial charge in [-0.1, -0.05) is 6.07 Å². The Kier molecular flexibility index (Phi) is 4.59. The molecule has 1 atom stereocenters. The minimum absolute atomic E-state index is 0.102. The summed E-state index contributed by atoms with van der Waals surface area (Å²) in [5.74, 6) is 0.985. The minimum atomic E-state index is -0.422. The van der Waals surface area contributed by atoms with Crippen LogP contribution in [-0.2, 0) is 14.3 Å². The van der Waals surface area contributed by atoms with E-state index in [9.17, 15) is 4.79 Å². The number of carbonyl (C=O) groups excluding carboxylic acids is 1. The van der Waals surface area contributed by atoms with Crippen LogP contribution in [0.1, 0.15) is 11.6 Å². The molecule has 1 aliphatic rings. The first-order valence-electron chi connectivity index (χ1n) is 6.00. The summed E-state index contributed by atoms with van der Waals surface area (Å²) in [6.45, 7) is 1.22. The van der Waals surface area contributed by atoms with Gasteiger partial charge in [-0.25, -0.2) is 4.79 Å². The minimum Gasteiger partial charge on any atom is -0.486 e. The average Bonchev–Trinajstić information content (AvgIpc) is 2.46.